The number of hydrogen-bond donors (Lipinski definition) is 1. The average molecular weight is 313 g/mol. The molecule has 1 aromatic rings. The first-order chi connectivity index (χ1) is 8.67. The molecule has 0 aromatic heterocycles. The van der Waals surface area contributed by atoms with Gasteiger partial charge in [-0.15, -0.1) is 0 Å². The molecule has 1 aliphatic rings. The molecule has 0 bridgehead atoms. The molecular weight excluding hydrogens is 296 g/mol. The third-order valence-corrected chi connectivity index (χ3v) is 3.57. The molecule has 1 amide bonds. The Morgan fingerprint density at radius 1 is 1.61 bits per heavy atom. The lowest BCUT2D eigenvalue weighted by Gasteiger charge is -2.16. The molecule has 4 nitrogen and oxygen atoms in total. The Labute approximate surface area is 115 Å². The second-order valence-corrected chi connectivity index (χ2v) is 5.40. The monoisotopic (exact) mass is 312 g/mol. The summed E-state index contributed by atoms with van der Waals surface area (Å²) < 4.78 is 5.71. The van der Waals surface area contributed by atoms with Gasteiger partial charge in [0.1, 0.15) is 0 Å². The number of methoxy groups -OCH3 is 1. The molecule has 1 aliphatic heterocycles. The first-order valence-electron chi connectivity index (χ1n) is 5.98. The molecule has 1 saturated heterocycles. The SMILES string of the molecule is COC(=O)NC1CCN(Cc2cccc(Br)c2)C1. The van der Waals surface area contributed by atoms with Crippen molar-refractivity contribution in [3.63, 3.8) is 0 Å². The predicted octanol–water partition coefficient (Wildman–Crippen LogP) is 2.38. The summed E-state index contributed by atoms with van der Waals surface area (Å²) in [6.07, 6.45) is 0.632. The zero-order valence-corrected chi connectivity index (χ0v) is 11.9. The van der Waals surface area contributed by atoms with Gasteiger partial charge in [-0.05, 0) is 24.1 Å². The fourth-order valence-corrected chi connectivity index (χ4v) is 2.66. The number of nitrogens with one attached hydrogen (secondary N) is 1. The van der Waals surface area contributed by atoms with E-state index in [-0.39, 0.29) is 12.1 Å². The number of rotatable bonds is 3. The molecule has 1 N–H and O–H groups in total. The summed E-state index contributed by atoms with van der Waals surface area (Å²) >= 11 is 3.47. The number of amides is 1. The van der Waals surface area contributed by atoms with Gasteiger partial charge in [-0.3, -0.25) is 4.90 Å². The summed E-state index contributed by atoms with van der Waals surface area (Å²) in [7, 11) is 1.39. The lowest BCUT2D eigenvalue weighted by Crippen LogP contribution is -2.36. The van der Waals surface area contributed by atoms with Crippen molar-refractivity contribution in [1.82, 2.24) is 10.2 Å². The quantitative estimate of drug-likeness (QED) is 0.931. The molecule has 0 aliphatic carbocycles. The number of benzene rings is 1. The van der Waals surface area contributed by atoms with Gasteiger partial charge in [0.15, 0.2) is 0 Å². The number of likely N-dealkylation sites (tertiary alicyclic amines) is 1. The standard InChI is InChI=1S/C13H17BrN2O2/c1-18-13(17)15-12-5-6-16(9-12)8-10-3-2-4-11(14)7-10/h2-4,7,12H,5-6,8-9H2,1H3,(H,15,17). The fraction of sp³-hybridized carbons (Fsp3) is 0.462. The normalized spacial score (nSPS) is 19.8. The van der Waals surface area contributed by atoms with Crippen molar-refractivity contribution in [2.75, 3.05) is 20.2 Å². The maximum Gasteiger partial charge on any atom is 0.407 e. The van der Waals surface area contributed by atoms with Gasteiger partial charge < -0.3 is 10.1 Å². The van der Waals surface area contributed by atoms with Gasteiger partial charge in [0.2, 0.25) is 0 Å². The molecule has 2 rings (SSSR count). The second-order valence-electron chi connectivity index (χ2n) is 4.49. The van der Waals surface area contributed by atoms with Crippen LogP contribution in [0.3, 0.4) is 0 Å². The number of halogens is 1. The van der Waals surface area contributed by atoms with E-state index in [0.717, 1.165) is 30.5 Å². The Bertz CT molecular complexity index is 425. The molecule has 0 saturated carbocycles. The van der Waals surface area contributed by atoms with Crippen molar-refractivity contribution < 1.29 is 9.53 Å². The summed E-state index contributed by atoms with van der Waals surface area (Å²) in [4.78, 5) is 13.5. The lowest BCUT2D eigenvalue weighted by atomic mass is 10.2. The van der Waals surface area contributed by atoms with Crippen LogP contribution in [-0.2, 0) is 11.3 Å². The summed E-state index contributed by atoms with van der Waals surface area (Å²) in [5.74, 6) is 0. The lowest BCUT2D eigenvalue weighted by molar-refractivity contribution is 0.166. The van der Waals surface area contributed by atoms with Crippen molar-refractivity contribution in [2.45, 2.75) is 19.0 Å². The second kappa shape index (κ2) is 6.20. The number of carbonyl (C=O) groups excluding carboxylic acids is 1. The van der Waals surface area contributed by atoms with Crippen LogP contribution in [0.15, 0.2) is 28.7 Å². The number of carbonyl (C=O) groups is 1. The van der Waals surface area contributed by atoms with Crippen molar-refractivity contribution in [2.24, 2.45) is 0 Å². The van der Waals surface area contributed by atoms with Crippen molar-refractivity contribution in [1.29, 1.82) is 0 Å². The minimum Gasteiger partial charge on any atom is -0.453 e. The van der Waals surface area contributed by atoms with Gasteiger partial charge in [-0.25, -0.2) is 4.79 Å². The van der Waals surface area contributed by atoms with E-state index in [0.29, 0.717) is 0 Å². The third-order valence-electron chi connectivity index (χ3n) is 3.07. The summed E-state index contributed by atoms with van der Waals surface area (Å²) in [5.41, 5.74) is 1.28. The van der Waals surface area contributed by atoms with E-state index in [1.165, 1.54) is 12.7 Å². The van der Waals surface area contributed by atoms with Crippen molar-refractivity contribution in [3.8, 4) is 0 Å². The minimum atomic E-state index is -0.343. The average Bonchev–Trinajstić information content (AvgIpc) is 2.76. The molecule has 0 radical (unpaired) electrons. The van der Waals surface area contributed by atoms with Crippen LogP contribution in [0, 0.1) is 0 Å². The first-order valence-corrected chi connectivity index (χ1v) is 6.78. The number of alkyl carbamates (subject to hydrolysis) is 1. The minimum absolute atomic E-state index is 0.199. The summed E-state index contributed by atoms with van der Waals surface area (Å²) in [6.45, 7) is 2.79. The zero-order chi connectivity index (χ0) is 13.0. The van der Waals surface area contributed by atoms with Crippen LogP contribution in [0.5, 0.6) is 0 Å². The zero-order valence-electron chi connectivity index (χ0n) is 10.4. The highest BCUT2D eigenvalue weighted by Gasteiger charge is 2.23. The van der Waals surface area contributed by atoms with Crippen LogP contribution >= 0.6 is 15.9 Å². The Kier molecular flexibility index (Phi) is 4.60. The van der Waals surface area contributed by atoms with Crippen LogP contribution in [0.1, 0.15) is 12.0 Å². The van der Waals surface area contributed by atoms with Crippen LogP contribution in [0.4, 0.5) is 4.79 Å². The Hall–Kier alpha value is -1.07. The molecule has 1 atom stereocenters. The van der Waals surface area contributed by atoms with Gasteiger partial charge in [0.25, 0.3) is 0 Å². The molecule has 98 valence electrons. The largest absolute Gasteiger partial charge is 0.453 e. The fourth-order valence-electron chi connectivity index (χ4n) is 2.21. The molecule has 1 fully saturated rings. The van der Waals surface area contributed by atoms with E-state index in [2.05, 4.69) is 43.0 Å². The Balaban J connectivity index is 1.84. The number of nitrogens with zero attached hydrogens (tertiary/aromatic N) is 1. The molecule has 0 spiro atoms. The topological polar surface area (TPSA) is 41.6 Å². The maximum atomic E-state index is 11.1. The molecule has 1 aromatic carbocycles. The van der Waals surface area contributed by atoms with Crippen LogP contribution in [0.25, 0.3) is 0 Å². The molecule has 18 heavy (non-hydrogen) atoms. The predicted molar refractivity (Wildman–Crippen MR) is 73.4 cm³/mol. The maximum absolute atomic E-state index is 11.1. The van der Waals surface area contributed by atoms with E-state index in [1.54, 1.807) is 0 Å². The van der Waals surface area contributed by atoms with Gasteiger partial charge in [-0.1, -0.05) is 28.1 Å². The molecular formula is C13H17BrN2O2. The van der Waals surface area contributed by atoms with Crippen LogP contribution < -0.4 is 5.32 Å². The van der Waals surface area contributed by atoms with Gasteiger partial charge in [0, 0.05) is 30.1 Å². The number of ether oxygens (including phenoxy) is 1. The molecule has 1 heterocycles. The Morgan fingerprint density at radius 2 is 2.44 bits per heavy atom. The first kappa shape index (κ1) is 13.4. The van der Waals surface area contributed by atoms with E-state index < -0.39 is 0 Å². The van der Waals surface area contributed by atoms with E-state index >= 15 is 0 Å². The highest BCUT2D eigenvalue weighted by Crippen LogP contribution is 2.16. The van der Waals surface area contributed by atoms with Crippen LogP contribution in [0.2, 0.25) is 0 Å². The summed E-state index contributed by atoms with van der Waals surface area (Å²) in [5, 5.41) is 2.84. The van der Waals surface area contributed by atoms with Crippen molar-refractivity contribution >= 4 is 22.0 Å². The number of hydrogen-bond acceptors (Lipinski definition) is 3. The van der Waals surface area contributed by atoms with E-state index in [9.17, 15) is 4.79 Å². The van der Waals surface area contributed by atoms with Crippen molar-refractivity contribution in [3.05, 3.63) is 34.3 Å². The smallest absolute Gasteiger partial charge is 0.407 e. The van der Waals surface area contributed by atoms with Gasteiger partial charge in [-0.2, -0.15) is 0 Å². The highest BCUT2D eigenvalue weighted by atomic mass is 79.9. The highest BCUT2D eigenvalue weighted by molar-refractivity contribution is 9.10. The van der Waals surface area contributed by atoms with Crippen LogP contribution in [-0.4, -0.2) is 37.2 Å². The van der Waals surface area contributed by atoms with E-state index in [1.807, 2.05) is 12.1 Å². The van der Waals surface area contributed by atoms with Gasteiger partial charge >= 0.3 is 6.09 Å². The van der Waals surface area contributed by atoms with Gasteiger partial charge in [0.05, 0.1) is 7.11 Å². The van der Waals surface area contributed by atoms with E-state index in [4.69, 9.17) is 0 Å². The molecule has 5 heteroatoms. The third kappa shape index (κ3) is 3.71. The summed E-state index contributed by atoms with van der Waals surface area (Å²) in [6, 6.07) is 8.51. The molecule has 1 unspecified atom stereocenters. The Morgan fingerprint density at radius 3 is 3.17 bits per heavy atom.